The van der Waals surface area contributed by atoms with E-state index in [-0.39, 0.29) is 11.7 Å². The summed E-state index contributed by atoms with van der Waals surface area (Å²) in [4.78, 5) is 22.0. The predicted octanol–water partition coefficient (Wildman–Crippen LogP) is 2.44. The smallest absolute Gasteiger partial charge is 0.143 e. The fraction of sp³-hybridized carbons (Fsp3) is 0.600. The minimum atomic E-state index is -1.01. The van der Waals surface area contributed by atoms with Crippen molar-refractivity contribution < 1.29 is 14.7 Å². The molecule has 1 unspecified atom stereocenters. The van der Waals surface area contributed by atoms with Crippen LogP contribution in [-0.4, -0.2) is 22.8 Å². The van der Waals surface area contributed by atoms with Gasteiger partial charge in [0, 0.05) is 18.3 Å². The number of aliphatic hydroxyl groups is 1. The molecule has 0 saturated heterocycles. The topological polar surface area (TPSA) is 54.4 Å². The number of hydrogen-bond acceptors (Lipinski definition) is 3. The molecule has 1 N–H and O–H groups in total. The Bertz CT molecular complexity index is 404. The largest absolute Gasteiger partial charge is 0.385 e. The fourth-order valence-corrected chi connectivity index (χ4v) is 2.68. The van der Waals surface area contributed by atoms with Crippen LogP contribution in [0.5, 0.6) is 0 Å². The second-order valence-electron chi connectivity index (χ2n) is 5.91. The van der Waals surface area contributed by atoms with E-state index in [1.165, 1.54) is 6.08 Å². The Morgan fingerprint density at radius 2 is 2.06 bits per heavy atom. The summed E-state index contributed by atoms with van der Waals surface area (Å²) in [7, 11) is 0. The van der Waals surface area contributed by atoms with Crippen LogP contribution in [0.2, 0.25) is 0 Å². The molecule has 0 bridgehead atoms. The zero-order valence-corrected chi connectivity index (χ0v) is 11.6. The van der Waals surface area contributed by atoms with Crippen molar-refractivity contribution >= 4 is 12.1 Å². The van der Waals surface area contributed by atoms with Crippen molar-refractivity contribution in [1.29, 1.82) is 0 Å². The number of rotatable bonds is 3. The highest BCUT2D eigenvalue weighted by molar-refractivity contribution is 5.81. The molecular formula is C15H22O3. The highest BCUT2D eigenvalue weighted by Gasteiger charge is 2.50. The lowest BCUT2D eigenvalue weighted by Gasteiger charge is -2.48. The molecular weight excluding hydrogens is 228 g/mol. The van der Waals surface area contributed by atoms with E-state index in [4.69, 9.17) is 0 Å². The molecule has 1 rings (SSSR count). The van der Waals surface area contributed by atoms with Gasteiger partial charge in [0.25, 0.3) is 0 Å². The molecule has 18 heavy (non-hydrogen) atoms. The van der Waals surface area contributed by atoms with Gasteiger partial charge in [-0.2, -0.15) is 0 Å². The summed E-state index contributed by atoms with van der Waals surface area (Å²) in [5.41, 5.74) is -0.711. The van der Waals surface area contributed by atoms with Crippen LogP contribution in [0.15, 0.2) is 23.8 Å². The zero-order chi connectivity index (χ0) is 14.0. The SMILES string of the molecule is CC(=C/C=O)/C=C/C1(O)[C@@H](C)CC(=O)CC1(C)C. The van der Waals surface area contributed by atoms with E-state index < -0.39 is 11.0 Å². The number of carbonyl (C=O) groups excluding carboxylic acids is 2. The maximum atomic E-state index is 11.6. The van der Waals surface area contributed by atoms with Crippen molar-refractivity contribution in [2.24, 2.45) is 11.3 Å². The van der Waals surface area contributed by atoms with Crippen LogP contribution < -0.4 is 0 Å². The Morgan fingerprint density at radius 1 is 1.44 bits per heavy atom. The molecule has 100 valence electrons. The third kappa shape index (κ3) is 2.78. The summed E-state index contributed by atoms with van der Waals surface area (Å²) in [6.45, 7) is 7.51. The molecule has 3 nitrogen and oxygen atoms in total. The molecule has 0 aliphatic heterocycles. The van der Waals surface area contributed by atoms with Gasteiger partial charge in [0.15, 0.2) is 0 Å². The standard InChI is InChI=1S/C15H22O3/c1-11(6-8-16)5-7-15(18)12(2)9-13(17)10-14(15,3)4/h5-8,12,18H,9-10H2,1-4H3/b7-5+,11-6-/t12-,15?/m0/s1. The molecule has 1 aliphatic carbocycles. The Kier molecular flexibility index (Phi) is 4.28. The summed E-state index contributed by atoms with van der Waals surface area (Å²) < 4.78 is 0. The van der Waals surface area contributed by atoms with Crippen molar-refractivity contribution in [1.82, 2.24) is 0 Å². The van der Waals surface area contributed by atoms with Crippen molar-refractivity contribution in [3.63, 3.8) is 0 Å². The van der Waals surface area contributed by atoms with Crippen molar-refractivity contribution in [2.75, 3.05) is 0 Å². The van der Waals surface area contributed by atoms with Crippen LogP contribution in [0, 0.1) is 11.3 Å². The number of carbonyl (C=O) groups is 2. The maximum absolute atomic E-state index is 11.6. The Balaban J connectivity index is 3.05. The summed E-state index contributed by atoms with van der Waals surface area (Å²) in [5, 5.41) is 10.8. The Morgan fingerprint density at radius 3 is 2.56 bits per heavy atom. The number of aldehydes is 1. The van der Waals surface area contributed by atoms with E-state index in [0.29, 0.717) is 12.8 Å². The monoisotopic (exact) mass is 250 g/mol. The van der Waals surface area contributed by atoms with Gasteiger partial charge in [0.1, 0.15) is 12.1 Å². The Hall–Kier alpha value is -1.22. The summed E-state index contributed by atoms with van der Waals surface area (Å²) in [6.07, 6.45) is 6.45. The van der Waals surface area contributed by atoms with Crippen LogP contribution in [0.3, 0.4) is 0 Å². The summed E-state index contributed by atoms with van der Waals surface area (Å²) in [5.74, 6) is 0.0831. The fourth-order valence-electron chi connectivity index (χ4n) is 2.68. The first kappa shape index (κ1) is 14.8. The van der Waals surface area contributed by atoms with E-state index >= 15 is 0 Å². The van der Waals surface area contributed by atoms with Gasteiger partial charge in [-0.3, -0.25) is 9.59 Å². The first-order valence-corrected chi connectivity index (χ1v) is 6.28. The number of hydrogen-bond donors (Lipinski definition) is 1. The van der Waals surface area contributed by atoms with Crippen LogP contribution >= 0.6 is 0 Å². The number of ketones is 1. The molecule has 0 radical (unpaired) electrons. The normalized spacial score (nSPS) is 32.8. The van der Waals surface area contributed by atoms with E-state index in [1.54, 1.807) is 19.1 Å². The van der Waals surface area contributed by atoms with Crippen LogP contribution in [0.1, 0.15) is 40.5 Å². The molecule has 0 spiro atoms. The van der Waals surface area contributed by atoms with Gasteiger partial charge < -0.3 is 5.11 Å². The zero-order valence-electron chi connectivity index (χ0n) is 11.6. The summed E-state index contributed by atoms with van der Waals surface area (Å²) in [6, 6.07) is 0. The van der Waals surface area contributed by atoms with Crippen molar-refractivity contribution in [2.45, 2.75) is 46.1 Å². The average molecular weight is 250 g/mol. The molecule has 3 heteroatoms. The molecule has 0 aromatic rings. The first-order chi connectivity index (χ1) is 8.23. The van der Waals surface area contributed by atoms with Gasteiger partial charge >= 0.3 is 0 Å². The first-order valence-electron chi connectivity index (χ1n) is 6.28. The molecule has 2 atom stereocenters. The summed E-state index contributed by atoms with van der Waals surface area (Å²) >= 11 is 0. The minimum absolute atomic E-state index is 0.117. The lowest BCUT2D eigenvalue weighted by molar-refractivity contribution is -0.142. The average Bonchev–Trinajstić information content (AvgIpc) is 2.23. The van der Waals surface area contributed by atoms with Crippen LogP contribution in [-0.2, 0) is 9.59 Å². The van der Waals surface area contributed by atoms with Gasteiger partial charge in [0.2, 0.25) is 0 Å². The van der Waals surface area contributed by atoms with E-state index in [0.717, 1.165) is 11.9 Å². The molecule has 0 aromatic carbocycles. The second kappa shape index (κ2) is 5.19. The van der Waals surface area contributed by atoms with Gasteiger partial charge in [-0.05, 0) is 24.5 Å². The van der Waals surface area contributed by atoms with Gasteiger partial charge in [-0.1, -0.05) is 32.9 Å². The molecule has 1 fully saturated rings. The molecule has 1 saturated carbocycles. The predicted molar refractivity (Wildman–Crippen MR) is 71.1 cm³/mol. The minimum Gasteiger partial charge on any atom is -0.385 e. The molecule has 0 aromatic heterocycles. The van der Waals surface area contributed by atoms with E-state index in [9.17, 15) is 14.7 Å². The van der Waals surface area contributed by atoms with Crippen molar-refractivity contribution in [3.05, 3.63) is 23.8 Å². The number of allylic oxidation sites excluding steroid dienone is 3. The lowest BCUT2D eigenvalue weighted by atomic mass is 9.60. The second-order valence-corrected chi connectivity index (χ2v) is 5.91. The van der Waals surface area contributed by atoms with Crippen LogP contribution in [0.25, 0.3) is 0 Å². The third-order valence-corrected chi connectivity index (χ3v) is 3.94. The maximum Gasteiger partial charge on any atom is 0.143 e. The van der Waals surface area contributed by atoms with Crippen molar-refractivity contribution in [3.8, 4) is 0 Å². The van der Waals surface area contributed by atoms with E-state index in [2.05, 4.69) is 0 Å². The van der Waals surface area contributed by atoms with Crippen LogP contribution in [0.4, 0.5) is 0 Å². The Labute approximate surface area is 109 Å². The molecule has 1 aliphatic rings. The highest BCUT2D eigenvalue weighted by Crippen LogP contribution is 2.46. The quantitative estimate of drug-likeness (QED) is 0.475. The van der Waals surface area contributed by atoms with Gasteiger partial charge in [-0.15, -0.1) is 0 Å². The third-order valence-electron chi connectivity index (χ3n) is 3.94. The lowest BCUT2D eigenvalue weighted by Crippen LogP contribution is -2.53. The van der Waals surface area contributed by atoms with Gasteiger partial charge in [0.05, 0.1) is 5.60 Å². The van der Waals surface area contributed by atoms with E-state index in [1.807, 2.05) is 20.8 Å². The van der Waals surface area contributed by atoms with Gasteiger partial charge in [-0.25, -0.2) is 0 Å². The number of Topliss-reactive ketones (excluding diaryl/α,β-unsaturated/α-hetero) is 1. The molecule has 0 heterocycles. The highest BCUT2D eigenvalue weighted by atomic mass is 16.3. The molecule has 0 amide bonds.